The van der Waals surface area contributed by atoms with Gasteiger partial charge in [0.2, 0.25) is 5.50 Å². The van der Waals surface area contributed by atoms with Crippen molar-refractivity contribution in [1.82, 2.24) is 4.90 Å². The van der Waals surface area contributed by atoms with Crippen LogP contribution >= 0.6 is 11.8 Å². The summed E-state index contributed by atoms with van der Waals surface area (Å²) in [5, 5.41) is 0. The van der Waals surface area contributed by atoms with Gasteiger partial charge in [-0.3, -0.25) is 4.79 Å². The van der Waals surface area contributed by atoms with E-state index in [1.165, 1.54) is 4.90 Å². The monoisotopic (exact) mass is 289 g/mol. The molecule has 20 heavy (non-hydrogen) atoms. The van der Waals surface area contributed by atoms with Crippen LogP contribution in [0.4, 0.5) is 4.39 Å². The molecule has 0 saturated carbocycles. The van der Waals surface area contributed by atoms with Crippen molar-refractivity contribution in [2.45, 2.75) is 16.9 Å². The van der Waals surface area contributed by atoms with Gasteiger partial charge >= 0.3 is 0 Å². The molecule has 0 aromatic heterocycles. The number of amides is 1. The second kappa shape index (κ2) is 7.10. The number of halogens is 1. The largest absolute Gasteiger partial charge is 0.338 e. The first-order valence-corrected chi connectivity index (χ1v) is 7.19. The number of alkyl halides is 1. The fourth-order valence-corrected chi connectivity index (χ4v) is 2.61. The maximum absolute atomic E-state index is 14.0. The Bertz CT molecular complexity index is 497. The highest BCUT2D eigenvalue weighted by atomic mass is 32.2. The normalized spacial score (nSPS) is 11.9. The molecule has 1 unspecified atom stereocenters. The lowest BCUT2D eigenvalue weighted by atomic mass is 10.2. The highest BCUT2D eigenvalue weighted by Crippen LogP contribution is 2.25. The zero-order valence-corrected chi connectivity index (χ0v) is 12.0. The van der Waals surface area contributed by atoms with Gasteiger partial charge in [-0.25, -0.2) is 4.39 Å². The summed E-state index contributed by atoms with van der Waals surface area (Å²) in [6, 6.07) is 18.7. The number of hydrogen-bond acceptors (Lipinski definition) is 2. The zero-order valence-electron chi connectivity index (χ0n) is 11.2. The Hall–Kier alpha value is -1.81. The van der Waals surface area contributed by atoms with Crippen LogP contribution in [-0.2, 0) is 11.3 Å². The number of thioether (sulfide) groups is 1. The first kappa shape index (κ1) is 14.6. The van der Waals surface area contributed by atoms with E-state index in [4.69, 9.17) is 0 Å². The Balaban J connectivity index is 1.93. The lowest BCUT2D eigenvalue weighted by Gasteiger charge is -2.19. The van der Waals surface area contributed by atoms with Crippen LogP contribution < -0.4 is 0 Å². The minimum Gasteiger partial charge on any atom is -0.338 e. The molecule has 0 N–H and O–H groups in total. The maximum Gasteiger partial charge on any atom is 0.268 e. The van der Waals surface area contributed by atoms with Gasteiger partial charge in [0.05, 0.1) is 0 Å². The first-order chi connectivity index (χ1) is 9.66. The van der Waals surface area contributed by atoms with E-state index in [2.05, 4.69) is 0 Å². The molecule has 2 aromatic rings. The molecule has 4 heteroatoms. The van der Waals surface area contributed by atoms with Gasteiger partial charge < -0.3 is 4.90 Å². The van der Waals surface area contributed by atoms with Crippen molar-refractivity contribution >= 4 is 17.7 Å². The summed E-state index contributed by atoms with van der Waals surface area (Å²) in [6.45, 7) is 0.412. The van der Waals surface area contributed by atoms with Crippen LogP contribution in [0.1, 0.15) is 5.56 Å². The molecule has 104 valence electrons. The van der Waals surface area contributed by atoms with Crippen molar-refractivity contribution < 1.29 is 9.18 Å². The molecule has 0 bridgehead atoms. The number of carbonyl (C=O) groups is 1. The Morgan fingerprint density at radius 3 is 2.25 bits per heavy atom. The van der Waals surface area contributed by atoms with Gasteiger partial charge in [-0.05, 0) is 17.7 Å². The molecule has 0 saturated heterocycles. The van der Waals surface area contributed by atoms with Crippen molar-refractivity contribution in [3.8, 4) is 0 Å². The average Bonchev–Trinajstić information content (AvgIpc) is 2.48. The molecular formula is C16H16FNOS. The van der Waals surface area contributed by atoms with E-state index < -0.39 is 11.4 Å². The molecule has 2 aromatic carbocycles. The van der Waals surface area contributed by atoms with E-state index in [1.807, 2.05) is 48.5 Å². The van der Waals surface area contributed by atoms with E-state index in [0.29, 0.717) is 6.54 Å². The van der Waals surface area contributed by atoms with Crippen LogP contribution in [0.5, 0.6) is 0 Å². The molecule has 0 aliphatic rings. The predicted molar refractivity (Wildman–Crippen MR) is 80.1 cm³/mol. The van der Waals surface area contributed by atoms with Crippen molar-refractivity contribution in [3.63, 3.8) is 0 Å². The molecule has 0 radical (unpaired) electrons. The summed E-state index contributed by atoms with van der Waals surface area (Å²) >= 11 is 0.933. The minimum atomic E-state index is -1.58. The van der Waals surface area contributed by atoms with Crippen LogP contribution in [0.3, 0.4) is 0 Å². The summed E-state index contributed by atoms with van der Waals surface area (Å²) in [4.78, 5) is 14.1. The van der Waals surface area contributed by atoms with Gasteiger partial charge in [0, 0.05) is 18.5 Å². The molecule has 0 spiro atoms. The standard InChI is InChI=1S/C16H16FNOS/c1-18(12-13-8-4-2-5-9-13)16(19)15(17)20-14-10-6-3-7-11-14/h2-11,15H,12H2,1H3. The molecule has 0 fully saturated rings. The molecular weight excluding hydrogens is 273 g/mol. The number of nitrogens with zero attached hydrogens (tertiary/aromatic N) is 1. The quantitative estimate of drug-likeness (QED) is 0.782. The Morgan fingerprint density at radius 1 is 1.10 bits per heavy atom. The van der Waals surface area contributed by atoms with E-state index in [-0.39, 0.29) is 0 Å². The zero-order chi connectivity index (χ0) is 14.4. The third-order valence-corrected chi connectivity index (χ3v) is 3.77. The van der Waals surface area contributed by atoms with Gasteiger partial charge in [-0.2, -0.15) is 0 Å². The van der Waals surface area contributed by atoms with Gasteiger partial charge in [0.15, 0.2) is 0 Å². The number of rotatable bonds is 5. The molecule has 2 rings (SSSR count). The number of carbonyl (C=O) groups excluding carboxylic acids is 1. The van der Waals surface area contributed by atoms with Gasteiger partial charge in [0.25, 0.3) is 5.91 Å². The highest BCUT2D eigenvalue weighted by Gasteiger charge is 2.22. The number of benzene rings is 2. The van der Waals surface area contributed by atoms with E-state index in [1.54, 1.807) is 19.2 Å². The predicted octanol–water partition coefficient (Wildman–Crippen LogP) is 3.73. The topological polar surface area (TPSA) is 20.3 Å². The van der Waals surface area contributed by atoms with Gasteiger partial charge in [-0.1, -0.05) is 60.3 Å². The molecule has 0 aliphatic carbocycles. The molecule has 1 amide bonds. The van der Waals surface area contributed by atoms with Crippen molar-refractivity contribution in [3.05, 3.63) is 66.2 Å². The summed E-state index contributed by atoms with van der Waals surface area (Å²) < 4.78 is 14.0. The first-order valence-electron chi connectivity index (χ1n) is 6.31. The molecule has 0 heterocycles. The third kappa shape index (κ3) is 4.10. The van der Waals surface area contributed by atoms with Crippen LogP contribution in [0, 0.1) is 0 Å². The van der Waals surface area contributed by atoms with E-state index >= 15 is 0 Å². The molecule has 0 aliphatic heterocycles. The number of hydrogen-bond donors (Lipinski definition) is 0. The second-order valence-corrected chi connectivity index (χ2v) is 5.55. The Morgan fingerprint density at radius 2 is 1.65 bits per heavy atom. The van der Waals surface area contributed by atoms with Crippen molar-refractivity contribution in [1.29, 1.82) is 0 Å². The summed E-state index contributed by atoms with van der Waals surface area (Å²) in [5.74, 6) is -0.511. The van der Waals surface area contributed by atoms with Crippen LogP contribution in [0.2, 0.25) is 0 Å². The van der Waals surface area contributed by atoms with Crippen LogP contribution in [0.25, 0.3) is 0 Å². The van der Waals surface area contributed by atoms with Gasteiger partial charge in [0.1, 0.15) is 0 Å². The molecule has 2 nitrogen and oxygen atoms in total. The summed E-state index contributed by atoms with van der Waals surface area (Å²) in [7, 11) is 1.62. The fraction of sp³-hybridized carbons (Fsp3) is 0.188. The van der Waals surface area contributed by atoms with Crippen molar-refractivity contribution in [2.24, 2.45) is 0 Å². The minimum absolute atomic E-state index is 0.412. The third-order valence-electron chi connectivity index (χ3n) is 2.82. The summed E-state index contributed by atoms with van der Waals surface area (Å²) in [6.07, 6.45) is 0. The lowest BCUT2D eigenvalue weighted by Crippen LogP contribution is -2.32. The lowest BCUT2D eigenvalue weighted by molar-refractivity contribution is -0.132. The Kier molecular flexibility index (Phi) is 5.18. The SMILES string of the molecule is CN(Cc1ccccc1)C(=O)C(F)Sc1ccccc1. The van der Waals surface area contributed by atoms with Gasteiger partial charge in [-0.15, -0.1) is 0 Å². The van der Waals surface area contributed by atoms with E-state index in [0.717, 1.165) is 22.2 Å². The van der Waals surface area contributed by atoms with Crippen LogP contribution in [-0.4, -0.2) is 23.4 Å². The second-order valence-electron chi connectivity index (χ2n) is 4.43. The van der Waals surface area contributed by atoms with Crippen LogP contribution in [0.15, 0.2) is 65.6 Å². The fourth-order valence-electron chi connectivity index (χ4n) is 1.78. The maximum atomic E-state index is 14.0. The highest BCUT2D eigenvalue weighted by molar-refractivity contribution is 8.00. The van der Waals surface area contributed by atoms with Crippen molar-refractivity contribution in [2.75, 3.05) is 7.05 Å². The Labute approximate surface area is 122 Å². The molecule has 1 atom stereocenters. The summed E-state index contributed by atoms with van der Waals surface area (Å²) in [5.41, 5.74) is -0.591. The average molecular weight is 289 g/mol. The van der Waals surface area contributed by atoms with E-state index in [9.17, 15) is 9.18 Å². The smallest absolute Gasteiger partial charge is 0.268 e.